The molecule has 2 aliphatic carbocycles. The second-order valence-corrected chi connectivity index (χ2v) is 8.15. The molecule has 3 atom stereocenters. The summed E-state index contributed by atoms with van der Waals surface area (Å²) in [7, 11) is 0. The van der Waals surface area contributed by atoms with Crippen LogP contribution in [0.2, 0.25) is 0 Å². The summed E-state index contributed by atoms with van der Waals surface area (Å²) in [5.41, 5.74) is -1.02. The molecule has 3 rings (SSSR count). The van der Waals surface area contributed by atoms with Crippen LogP contribution in [0.3, 0.4) is 0 Å². The molecule has 6 nitrogen and oxygen atoms in total. The summed E-state index contributed by atoms with van der Waals surface area (Å²) >= 11 is 0. The summed E-state index contributed by atoms with van der Waals surface area (Å²) in [6.07, 6.45) is 0.0650. The van der Waals surface area contributed by atoms with Gasteiger partial charge in [0, 0.05) is 6.04 Å². The Hall–Kier alpha value is -1.80. The number of nitrogens with one attached hydrogen (secondary N) is 1. The first-order valence-electron chi connectivity index (χ1n) is 9.55. The van der Waals surface area contributed by atoms with Gasteiger partial charge >= 0.3 is 12.2 Å². The van der Waals surface area contributed by atoms with Crippen molar-refractivity contribution in [2.45, 2.75) is 70.1 Å². The summed E-state index contributed by atoms with van der Waals surface area (Å²) < 4.78 is 38.9. The molecular weight excluding hydrogens is 363 g/mol. The molecule has 0 radical (unpaired) electrons. The molecule has 3 fully saturated rings. The maximum atomic E-state index is 13.0. The van der Waals surface area contributed by atoms with E-state index in [-0.39, 0.29) is 11.8 Å². The van der Waals surface area contributed by atoms with Gasteiger partial charge in [0.25, 0.3) is 5.91 Å². The second-order valence-electron chi connectivity index (χ2n) is 8.15. The van der Waals surface area contributed by atoms with E-state index in [2.05, 4.69) is 5.32 Å². The molecule has 0 aromatic heterocycles. The van der Waals surface area contributed by atoms with Gasteiger partial charge in [0.1, 0.15) is 18.6 Å². The van der Waals surface area contributed by atoms with Crippen molar-refractivity contribution in [1.29, 1.82) is 0 Å². The van der Waals surface area contributed by atoms with Gasteiger partial charge in [-0.3, -0.25) is 14.5 Å². The van der Waals surface area contributed by atoms with Gasteiger partial charge in [0.2, 0.25) is 5.91 Å². The van der Waals surface area contributed by atoms with E-state index in [1.165, 1.54) is 0 Å². The first-order chi connectivity index (χ1) is 12.5. The van der Waals surface area contributed by atoms with E-state index in [1.807, 2.05) is 6.92 Å². The number of hydrogen-bond acceptors (Lipinski definition) is 3. The monoisotopic (exact) mass is 389 g/mol. The molecule has 0 aromatic carbocycles. The normalized spacial score (nSPS) is 29.8. The largest absolute Gasteiger partial charge is 0.406 e. The van der Waals surface area contributed by atoms with Crippen molar-refractivity contribution in [2.75, 3.05) is 13.1 Å². The van der Waals surface area contributed by atoms with Gasteiger partial charge in [0.15, 0.2) is 0 Å². The van der Waals surface area contributed by atoms with Crippen molar-refractivity contribution in [3.05, 3.63) is 0 Å². The third-order valence-corrected chi connectivity index (χ3v) is 6.26. The lowest BCUT2D eigenvalue weighted by Gasteiger charge is -2.37. The topological polar surface area (TPSA) is 69.7 Å². The van der Waals surface area contributed by atoms with Crippen LogP contribution in [-0.2, 0) is 9.59 Å². The predicted molar refractivity (Wildman–Crippen MR) is 90.6 cm³/mol. The fourth-order valence-electron chi connectivity index (χ4n) is 4.35. The minimum absolute atomic E-state index is 0.0455. The molecule has 152 valence electrons. The van der Waals surface area contributed by atoms with Crippen molar-refractivity contribution in [3.8, 4) is 0 Å². The van der Waals surface area contributed by atoms with E-state index in [0.29, 0.717) is 6.42 Å². The Morgan fingerprint density at radius 1 is 1.30 bits per heavy atom. The molecule has 27 heavy (non-hydrogen) atoms. The van der Waals surface area contributed by atoms with E-state index >= 15 is 0 Å². The summed E-state index contributed by atoms with van der Waals surface area (Å²) in [5.74, 6) is -1.35. The minimum Gasteiger partial charge on any atom is -0.329 e. The molecule has 1 aliphatic heterocycles. The number of nitrogens with zero attached hydrogens (tertiary/aromatic N) is 2. The molecule has 3 aliphatic rings. The zero-order chi connectivity index (χ0) is 20.0. The van der Waals surface area contributed by atoms with Crippen LogP contribution in [-0.4, -0.2) is 58.5 Å². The number of rotatable bonds is 5. The molecule has 0 unspecified atom stereocenters. The number of amides is 4. The molecule has 0 aromatic rings. The van der Waals surface area contributed by atoms with Crippen LogP contribution in [0.25, 0.3) is 0 Å². The van der Waals surface area contributed by atoms with Crippen LogP contribution in [0.4, 0.5) is 18.0 Å². The fraction of sp³-hybridized carbons (Fsp3) is 0.833. The van der Waals surface area contributed by atoms with Crippen LogP contribution >= 0.6 is 0 Å². The minimum atomic E-state index is -4.53. The van der Waals surface area contributed by atoms with Gasteiger partial charge in [-0.05, 0) is 44.4 Å². The van der Waals surface area contributed by atoms with E-state index in [0.717, 1.165) is 41.9 Å². The molecule has 0 bridgehead atoms. The smallest absolute Gasteiger partial charge is 0.329 e. The maximum absolute atomic E-state index is 13.0. The predicted octanol–water partition coefficient (Wildman–Crippen LogP) is 2.68. The maximum Gasteiger partial charge on any atom is 0.406 e. The highest BCUT2D eigenvalue weighted by molar-refractivity contribution is 6.09. The van der Waals surface area contributed by atoms with Crippen LogP contribution < -0.4 is 5.32 Å². The van der Waals surface area contributed by atoms with E-state index in [9.17, 15) is 27.6 Å². The second kappa shape index (κ2) is 6.98. The Labute approximate surface area is 156 Å². The van der Waals surface area contributed by atoms with Crippen LogP contribution in [0.1, 0.15) is 52.4 Å². The van der Waals surface area contributed by atoms with E-state index in [1.54, 1.807) is 6.92 Å². The first kappa shape index (κ1) is 19.9. The summed E-state index contributed by atoms with van der Waals surface area (Å²) in [5, 5.41) is 2.72. The van der Waals surface area contributed by atoms with Crippen molar-refractivity contribution < 1.29 is 27.6 Å². The summed E-state index contributed by atoms with van der Waals surface area (Å²) in [6.45, 7) is 1.46. The standard InChI is InChI=1S/C18H26F3N3O3/c1-11-5-3-4-8-17(11)15(26)23(16(27)22-17)9-14(25)24(10-18(19,20)21)12(2)13-6-7-13/h11-13H,3-10H2,1-2H3,(H,22,27)/t11-,12-,17-/m1/s1. The SMILES string of the molecule is C[C@H](C1CC1)N(CC(F)(F)F)C(=O)CN1C(=O)N[C@@]2(CCCC[C@H]2C)C1=O. The van der Waals surface area contributed by atoms with Crippen molar-refractivity contribution in [1.82, 2.24) is 15.1 Å². The Bertz CT molecular complexity index is 635. The highest BCUT2D eigenvalue weighted by Crippen LogP contribution is 2.39. The third kappa shape index (κ3) is 3.91. The van der Waals surface area contributed by atoms with Crippen molar-refractivity contribution in [2.24, 2.45) is 11.8 Å². The molecule has 9 heteroatoms. The zero-order valence-corrected chi connectivity index (χ0v) is 15.6. The Morgan fingerprint density at radius 2 is 1.96 bits per heavy atom. The Kier molecular flexibility index (Phi) is 5.16. The molecule has 1 saturated heterocycles. The number of carbonyl (C=O) groups is 3. The van der Waals surface area contributed by atoms with E-state index in [4.69, 9.17) is 0 Å². The first-order valence-corrected chi connectivity index (χ1v) is 9.55. The quantitative estimate of drug-likeness (QED) is 0.735. The highest BCUT2D eigenvalue weighted by Gasteiger charge is 2.55. The number of halogens is 3. The molecule has 1 heterocycles. The van der Waals surface area contributed by atoms with Crippen LogP contribution in [0.5, 0.6) is 0 Å². The molecule has 2 saturated carbocycles. The van der Waals surface area contributed by atoms with Crippen LogP contribution in [0, 0.1) is 11.8 Å². The van der Waals surface area contributed by atoms with Gasteiger partial charge in [-0.25, -0.2) is 4.79 Å². The van der Waals surface area contributed by atoms with Gasteiger partial charge in [0.05, 0.1) is 0 Å². The van der Waals surface area contributed by atoms with Gasteiger partial charge in [-0.15, -0.1) is 0 Å². The lowest BCUT2D eigenvalue weighted by Crippen LogP contribution is -2.54. The molecule has 1 N–H and O–H groups in total. The third-order valence-electron chi connectivity index (χ3n) is 6.26. The molecule has 4 amide bonds. The number of alkyl halides is 3. The molecule has 1 spiro atoms. The zero-order valence-electron chi connectivity index (χ0n) is 15.6. The summed E-state index contributed by atoms with van der Waals surface area (Å²) in [4.78, 5) is 39.5. The lowest BCUT2D eigenvalue weighted by atomic mass is 9.73. The van der Waals surface area contributed by atoms with Crippen molar-refractivity contribution in [3.63, 3.8) is 0 Å². The number of carbonyl (C=O) groups excluding carboxylic acids is 3. The number of hydrogen-bond donors (Lipinski definition) is 1. The average Bonchev–Trinajstić information content (AvgIpc) is 3.39. The average molecular weight is 389 g/mol. The Morgan fingerprint density at radius 3 is 2.52 bits per heavy atom. The number of urea groups is 1. The number of imide groups is 1. The molecular formula is C18H26F3N3O3. The van der Waals surface area contributed by atoms with E-state index < -0.39 is 48.7 Å². The lowest BCUT2D eigenvalue weighted by molar-refractivity contribution is -0.166. The fourth-order valence-corrected chi connectivity index (χ4v) is 4.35. The van der Waals surface area contributed by atoms with Crippen LogP contribution in [0.15, 0.2) is 0 Å². The van der Waals surface area contributed by atoms with Gasteiger partial charge in [-0.2, -0.15) is 13.2 Å². The van der Waals surface area contributed by atoms with Crippen molar-refractivity contribution >= 4 is 17.8 Å². The highest BCUT2D eigenvalue weighted by atomic mass is 19.4. The summed E-state index contributed by atoms with van der Waals surface area (Å²) in [6, 6.07) is -1.25. The van der Waals surface area contributed by atoms with Gasteiger partial charge in [-0.1, -0.05) is 19.8 Å². The Balaban J connectivity index is 1.74. The van der Waals surface area contributed by atoms with Gasteiger partial charge < -0.3 is 10.2 Å².